The number of alkyl halides is 3. The molecule has 0 aliphatic rings. The van der Waals surface area contributed by atoms with Crippen molar-refractivity contribution >= 4 is 17.8 Å². The quantitative estimate of drug-likeness (QED) is 0.666. The molecule has 0 saturated heterocycles. The Labute approximate surface area is 106 Å². The summed E-state index contributed by atoms with van der Waals surface area (Å²) in [5, 5.41) is 0. The first kappa shape index (κ1) is 14.5. The lowest BCUT2D eigenvalue weighted by Gasteiger charge is -2.03. The van der Waals surface area contributed by atoms with E-state index in [0.29, 0.717) is 0 Å². The lowest BCUT2D eigenvalue weighted by atomic mass is 10.2. The number of aromatic nitrogens is 3. The highest BCUT2D eigenvalue weighted by Gasteiger charge is 2.29. The van der Waals surface area contributed by atoms with Crippen molar-refractivity contribution in [2.24, 2.45) is 0 Å². The highest BCUT2D eigenvalue weighted by atomic mass is 19.4. The highest BCUT2D eigenvalue weighted by Crippen LogP contribution is 2.28. The van der Waals surface area contributed by atoms with Gasteiger partial charge in [-0.2, -0.15) is 28.1 Å². The Kier molecular flexibility index (Phi) is 4.46. The van der Waals surface area contributed by atoms with Crippen LogP contribution in [0.15, 0.2) is 30.3 Å². The summed E-state index contributed by atoms with van der Waals surface area (Å²) in [6.45, 7) is 0. The second kappa shape index (κ2) is 5.85. The summed E-state index contributed by atoms with van der Waals surface area (Å²) >= 11 is 0. The minimum absolute atomic E-state index is 0.0417. The minimum Gasteiger partial charge on any atom is -0.368 e. The van der Waals surface area contributed by atoms with Gasteiger partial charge in [0.1, 0.15) is 0 Å². The molecule has 0 atom stereocenters. The highest BCUT2D eigenvalue weighted by molar-refractivity contribution is 5.33. The summed E-state index contributed by atoms with van der Waals surface area (Å²) < 4.78 is 35.4. The van der Waals surface area contributed by atoms with E-state index in [1.54, 1.807) is 6.07 Å². The number of hydrogen-bond donors (Lipinski definition) is 3. The van der Waals surface area contributed by atoms with Crippen LogP contribution in [0, 0.1) is 0 Å². The van der Waals surface area contributed by atoms with E-state index in [1.165, 1.54) is 12.1 Å². The fourth-order valence-electron chi connectivity index (χ4n) is 1.05. The fraction of sp³-hybridized carbons (Fsp3) is 0.100. The van der Waals surface area contributed by atoms with Crippen LogP contribution >= 0.6 is 0 Å². The standard InChI is InChI=1S/C7H5F3.C3H6N6/c8-7(9,10)6-4-2-1-3-5-6;4-1-7-2(5)9-3(6)8-1/h1-5H;(H6,4,5,6,7,8,9). The maximum Gasteiger partial charge on any atom is 0.416 e. The molecule has 6 nitrogen and oxygen atoms in total. The zero-order valence-corrected chi connectivity index (χ0v) is 9.59. The van der Waals surface area contributed by atoms with Gasteiger partial charge in [0.05, 0.1) is 5.56 Å². The molecule has 1 aromatic heterocycles. The van der Waals surface area contributed by atoms with Crippen LogP contribution in [0.25, 0.3) is 0 Å². The molecule has 0 aliphatic heterocycles. The Morgan fingerprint density at radius 3 is 1.37 bits per heavy atom. The number of nitrogens with two attached hydrogens (primary N) is 3. The molecule has 102 valence electrons. The van der Waals surface area contributed by atoms with E-state index in [0.717, 1.165) is 12.1 Å². The molecule has 9 heteroatoms. The Bertz CT molecular complexity index is 478. The normalized spacial score (nSPS) is 10.5. The van der Waals surface area contributed by atoms with E-state index in [-0.39, 0.29) is 17.8 Å². The Morgan fingerprint density at radius 1 is 0.737 bits per heavy atom. The van der Waals surface area contributed by atoms with Gasteiger partial charge in [0.2, 0.25) is 17.8 Å². The van der Waals surface area contributed by atoms with Crippen molar-refractivity contribution in [1.29, 1.82) is 0 Å². The van der Waals surface area contributed by atoms with Crippen molar-refractivity contribution in [3.05, 3.63) is 35.9 Å². The Morgan fingerprint density at radius 2 is 1.11 bits per heavy atom. The van der Waals surface area contributed by atoms with E-state index in [9.17, 15) is 13.2 Å². The minimum atomic E-state index is -4.21. The maximum atomic E-state index is 11.8. The van der Waals surface area contributed by atoms with Gasteiger partial charge in [0.15, 0.2) is 0 Å². The average molecular weight is 272 g/mol. The largest absolute Gasteiger partial charge is 0.416 e. The van der Waals surface area contributed by atoms with Crippen molar-refractivity contribution in [3.8, 4) is 0 Å². The maximum absolute atomic E-state index is 11.8. The first-order valence-electron chi connectivity index (χ1n) is 4.94. The molecule has 0 aliphatic carbocycles. The van der Waals surface area contributed by atoms with Crippen LogP contribution in [0.5, 0.6) is 0 Å². The Hall–Kier alpha value is -2.58. The van der Waals surface area contributed by atoms with Crippen molar-refractivity contribution in [3.63, 3.8) is 0 Å². The zero-order chi connectivity index (χ0) is 14.5. The molecule has 2 rings (SSSR count). The van der Waals surface area contributed by atoms with Crippen molar-refractivity contribution in [1.82, 2.24) is 15.0 Å². The van der Waals surface area contributed by atoms with E-state index < -0.39 is 11.7 Å². The van der Waals surface area contributed by atoms with Crippen LogP contribution < -0.4 is 17.2 Å². The second-order valence-electron chi connectivity index (χ2n) is 3.27. The van der Waals surface area contributed by atoms with E-state index >= 15 is 0 Å². The molecule has 1 heterocycles. The van der Waals surface area contributed by atoms with Gasteiger partial charge in [-0.25, -0.2) is 0 Å². The number of nitrogen functional groups attached to an aromatic ring is 3. The molecular weight excluding hydrogens is 261 g/mol. The van der Waals surface area contributed by atoms with Gasteiger partial charge in [-0.15, -0.1) is 0 Å². The molecule has 0 spiro atoms. The topological polar surface area (TPSA) is 117 Å². The Balaban J connectivity index is 0.000000191. The fourth-order valence-corrected chi connectivity index (χ4v) is 1.05. The summed E-state index contributed by atoms with van der Waals surface area (Å²) in [5.74, 6) is 0.125. The third kappa shape index (κ3) is 5.06. The number of hydrogen-bond acceptors (Lipinski definition) is 6. The molecule has 6 N–H and O–H groups in total. The van der Waals surface area contributed by atoms with Gasteiger partial charge in [0.25, 0.3) is 0 Å². The van der Waals surface area contributed by atoms with Crippen molar-refractivity contribution < 1.29 is 13.2 Å². The molecule has 0 unspecified atom stereocenters. The van der Waals surface area contributed by atoms with Gasteiger partial charge >= 0.3 is 6.18 Å². The number of benzene rings is 1. The predicted octanol–water partition coefficient (Wildman–Crippen LogP) is 1.32. The first-order chi connectivity index (χ1) is 8.79. The molecular formula is C10H11F3N6. The monoisotopic (exact) mass is 272 g/mol. The third-order valence-electron chi connectivity index (χ3n) is 1.79. The first-order valence-corrected chi connectivity index (χ1v) is 4.94. The van der Waals surface area contributed by atoms with Crippen LogP contribution in [0.1, 0.15) is 5.56 Å². The van der Waals surface area contributed by atoms with E-state index in [1.807, 2.05) is 0 Å². The molecule has 0 amide bonds. The molecule has 19 heavy (non-hydrogen) atoms. The van der Waals surface area contributed by atoms with Gasteiger partial charge < -0.3 is 17.2 Å². The van der Waals surface area contributed by atoms with Gasteiger partial charge in [-0.05, 0) is 0 Å². The molecule has 0 saturated carbocycles. The summed E-state index contributed by atoms with van der Waals surface area (Å²) in [4.78, 5) is 10.5. The average Bonchev–Trinajstić information content (AvgIpc) is 2.28. The molecule has 2 aromatic rings. The predicted molar refractivity (Wildman–Crippen MR) is 64.5 cm³/mol. The number of anilines is 3. The summed E-state index contributed by atoms with van der Waals surface area (Å²) in [7, 11) is 0. The smallest absolute Gasteiger partial charge is 0.368 e. The zero-order valence-electron chi connectivity index (χ0n) is 9.59. The summed E-state index contributed by atoms with van der Waals surface area (Å²) in [5.41, 5.74) is 14.8. The van der Waals surface area contributed by atoms with Crippen molar-refractivity contribution in [2.75, 3.05) is 17.2 Å². The molecule has 0 fully saturated rings. The van der Waals surface area contributed by atoms with Gasteiger partial charge in [-0.3, -0.25) is 0 Å². The van der Waals surface area contributed by atoms with Gasteiger partial charge in [0, 0.05) is 0 Å². The van der Waals surface area contributed by atoms with E-state index in [4.69, 9.17) is 17.2 Å². The second-order valence-corrected chi connectivity index (χ2v) is 3.27. The number of nitrogens with zero attached hydrogens (tertiary/aromatic N) is 3. The lowest BCUT2D eigenvalue weighted by Crippen LogP contribution is -2.05. The van der Waals surface area contributed by atoms with Crippen molar-refractivity contribution in [2.45, 2.75) is 6.18 Å². The molecule has 1 aromatic carbocycles. The van der Waals surface area contributed by atoms with Crippen LogP contribution in [-0.4, -0.2) is 15.0 Å². The summed E-state index contributed by atoms with van der Waals surface area (Å²) in [6, 6.07) is 6.36. The van der Waals surface area contributed by atoms with Crippen LogP contribution in [0.4, 0.5) is 31.0 Å². The SMILES string of the molecule is FC(F)(F)c1ccccc1.Nc1nc(N)nc(N)n1. The van der Waals surface area contributed by atoms with Crippen LogP contribution in [0.3, 0.4) is 0 Å². The summed E-state index contributed by atoms with van der Waals surface area (Å²) in [6.07, 6.45) is -4.21. The lowest BCUT2D eigenvalue weighted by molar-refractivity contribution is -0.137. The number of rotatable bonds is 0. The van der Waals surface area contributed by atoms with Crippen LogP contribution in [0.2, 0.25) is 0 Å². The van der Waals surface area contributed by atoms with Crippen LogP contribution in [-0.2, 0) is 6.18 Å². The third-order valence-corrected chi connectivity index (χ3v) is 1.79. The van der Waals surface area contributed by atoms with Gasteiger partial charge in [-0.1, -0.05) is 30.3 Å². The number of halogens is 3. The molecule has 0 bridgehead atoms. The van der Waals surface area contributed by atoms with E-state index in [2.05, 4.69) is 15.0 Å². The molecule has 0 radical (unpaired) electrons.